The van der Waals surface area contributed by atoms with Gasteiger partial charge in [0.1, 0.15) is 6.73 Å². The van der Waals surface area contributed by atoms with E-state index in [9.17, 15) is 0 Å². The first-order valence-electron chi connectivity index (χ1n) is 4.86. The second-order valence-corrected chi connectivity index (χ2v) is 4.46. The molecular weight excluding hydrogens is 246 g/mol. The fourth-order valence-corrected chi connectivity index (χ4v) is 2.03. The van der Waals surface area contributed by atoms with Crippen molar-refractivity contribution in [3.63, 3.8) is 0 Å². The number of rotatable bonds is 3. The Morgan fingerprint density at radius 2 is 2.29 bits per heavy atom. The molecule has 14 heavy (non-hydrogen) atoms. The topological polar surface area (TPSA) is 53.1 Å². The molecule has 0 amide bonds. The van der Waals surface area contributed by atoms with Gasteiger partial charge in [-0.05, 0) is 28.8 Å². The van der Waals surface area contributed by atoms with Crippen LogP contribution in [0.2, 0.25) is 0 Å². The zero-order valence-corrected chi connectivity index (χ0v) is 9.53. The van der Waals surface area contributed by atoms with Gasteiger partial charge in [0.15, 0.2) is 5.82 Å². The molecule has 0 aliphatic heterocycles. The summed E-state index contributed by atoms with van der Waals surface area (Å²) in [6.45, 7) is 0.500. The summed E-state index contributed by atoms with van der Waals surface area (Å²) in [5.74, 6) is 0.514. The van der Waals surface area contributed by atoms with E-state index in [1.807, 2.05) is 6.20 Å². The van der Waals surface area contributed by atoms with Crippen molar-refractivity contribution in [1.82, 2.24) is 9.78 Å². The molecule has 0 bridgehead atoms. The van der Waals surface area contributed by atoms with E-state index in [0.29, 0.717) is 18.7 Å². The maximum Gasteiger partial charge on any atom is 0.159 e. The van der Waals surface area contributed by atoms with Gasteiger partial charge in [-0.15, -0.1) is 0 Å². The predicted octanol–water partition coefficient (Wildman–Crippen LogP) is 2.14. The molecule has 2 rings (SSSR count). The highest BCUT2D eigenvalue weighted by Crippen LogP contribution is 2.22. The normalized spacial score (nSPS) is 17.8. The molecule has 0 radical (unpaired) electrons. The first-order valence-corrected chi connectivity index (χ1v) is 5.65. The molecule has 1 saturated carbocycles. The molecule has 0 unspecified atom stereocenters. The summed E-state index contributed by atoms with van der Waals surface area (Å²) in [7, 11) is 0. The van der Waals surface area contributed by atoms with E-state index in [1.165, 1.54) is 25.7 Å². The van der Waals surface area contributed by atoms with E-state index >= 15 is 0 Å². The van der Waals surface area contributed by atoms with Crippen molar-refractivity contribution >= 4 is 21.7 Å². The van der Waals surface area contributed by atoms with E-state index in [2.05, 4.69) is 21.0 Å². The summed E-state index contributed by atoms with van der Waals surface area (Å²) < 4.78 is 8.23. The lowest BCUT2D eigenvalue weighted by Crippen LogP contribution is -2.12. The molecule has 0 spiro atoms. The van der Waals surface area contributed by atoms with Crippen molar-refractivity contribution in [3.05, 3.63) is 10.7 Å². The third-order valence-corrected chi connectivity index (χ3v) is 3.10. The summed E-state index contributed by atoms with van der Waals surface area (Å²) in [6.07, 6.45) is 7.19. The molecule has 0 saturated heterocycles. The average Bonchev–Trinajstić information content (AvgIpc) is 2.74. The summed E-state index contributed by atoms with van der Waals surface area (Å²) in [5.41, 5.74) is 5.59. The minimum absolute atomic E-state index is 0.416. The molecule has 1 aliphatic rings. The zero-order valence-electron chi connectivity index (χ0n) is 7.95. The Labute approximate surface area is 91.5 Å². The van der Waals surface area contributed by atoms with Gasteiger partial charge in [-0.1, -0.05) is 12.8 Å². The Bertz CT molecular complexity index is 288. The Morgan fingerprint density at radius 3 is 2.86 bits per heavy atom. The van der Waals surface area contributed by atoms with Crippen LogP contribution in [0, 0.1) is 0 Å². The number of nitrogens with two attached hydrogens (primary N) is 1. The summed E-state index contributed by atoms with van der Waals surface area (Å²) in [4.78, 5) is 0. The van der Waals surface area contributed by atoms with E-state index in [4.69, 9.17) is 10.5 Å². The highest BCUT2D eigenvalue weighted by atomic mass is 79.9. The van der Waals surface area contributed by atoms with Crippen LogP contribution < -0.4 is 5.73 Å². The molecule has 1 aromatic rings. The van der Waals surface area contributed by atoms with Gasteiger partial charge in [-0.25, -0.2) is 4.68 Å². The molecule has 78 valence electrons. The monoisotopic (exact) mass is 259 g/mol. The molecule has 1 aromatic heterocycles. The Hall–Kier alpha value is -0.550. The van der Waals surface area contributed by atoms with E-state index in [1.54, 1.807) is 4.68 Å². The van der Waals surface area contributed by atoms with Crippen molar-refractivity contribution in [1.29, 1.82) is 0 Å². The second-order valence-electron chi connectivity index (χ2n) is 3.60. The number of aromatic nitrogens is 2. The van der Waals surface area contributed by atoms with Crippen molar-refractivity contribution in [3.8, 4) is 0 Å². The summed E-state index contributed by atoms with van der Waals surface area (Å²) in [5, 5.41) is 4.09. The van der Waals surface area contributed by atoms with Gasteiger partial charge in [0, 0.05) is 6.20 Å². The number of hydrogen-bond acceptors (Lipinski definition) is 3. The van der Waals surface area contributed by atoms with Gasteiger partial charge in [-0.2, -0.15) is 5.10 Å². The van der Waals surface area contributed by atoms with Gasteiger partial charge in [0.25, 0.3) is 0 Å². The molecule has 5 heteroatoms. The largest absolute Gasteiger partial charge is 0.381 e. The van der Waals surface area contributed by atoms with Crippen LogP contribution in [0.25, 0.3) is 0 Å². The van der Waals surface area contributed by atoms with Gasteiger partial charge in [0.2, 0.25) is 0 Å². The minimum Gasteiger partial charge on any atom is -0.381 e. The lowest BCUT2D eigenvalue weighted by molar-refractivity contribution is 0.00558. The summed E-state index contributed by atoms with van der Waals surface area (Å²) in [6, 6.07) is 0. The molecule has 4 nitrogen and oxygen atoms in total. The maximum atomic E-state index is 5.68. The number of nitrogen functional groups attached to an aromatic ring is 1. The smallest absolute Gasteiger partial charge is 0.159 e. The Balaban J connectivity index is 1.85. The molecule has 0 atom stereocenters. The summed E-state index contributed by atoms with van der Waals surface area (Å²) >= 11 is 3.31. The molecular formula is C9H14BrN3O. The van der Waals surface area contributed by atoms with Gasteiger partial charge in [-0.3, -0.25) is 0 Å². The molecule has 2 N–H and O–H groups in total. The molecule has 1 fully saturated rings. The van der Waals surface area contributed by atoms with Crippen molar-refractivity contribution in [2.45, 2.75) is 38.5 Å². The standard InChI is InChI=1S/C9H14BrN3O/c10-8-5-13(12-9(8)11)6-14-7-3-1-2-4-7/h5,7H,1-4,6H2,(H2,11,12). The fraction of sp³-hybridized carbons (Fsp3) is 0.667. The quantitative estimate of drug-likeness (QED) is 0.905. The van der Waals surface area contributed by atoms with Crippen LogP contribution in [0.1, 0.15) is 25.7 Å². The van der Waals surface area contributed by atoms with Crippen LogP contribution in [0.3, 0.4) is 0 Å². The minimum atomic E-state index is 0.416. The number of anilines is 1. The second kappa shape index (κ2) is 4.31. The van der Waals surface area contributed by atoms with E-state index in [-0.39, 0.29) is 0 Å². The predicted molar refractivity (Wildman–Crippen MR) is 57.7 cm³/mol. The number of hydrogen-bond donors (Lipinski definition) is 1. The van der Waals surface area contributed by atoms with Crippen LogP contribution in [-0.4, -0.2) is 15.9 Å². The Kier molecular flexibility index (Phi) is 3.08. The molecule has 0 aromatic carbocycles. The van der Waals surface area contributed by atoms with Gasteiger partial charge >= 0.3 is 0 Å². The number of ether oxygens (including phenoxy) is 1. The molecule has 1 aliphatic carbocycles. The van der Waals surface area contributed by atoms with Crippen molar-refractivity contribution < 1.29 is 4.74 Å². The first-order chi connectivity index (χ1) is 6.75. The van der Waals surface area contributed by atoms with Crippen molar-refractivity contribution in [2.24, 2.45) is 0 Å². The lowest BCUT2D eigenvalue weighted by Gasteiger charge is -2.10. The van der Waals surface area contributed by atoms with Gasteiger partial charge in [0.05, 0.1) is 10.6 Å². The number of nitrogens with zero attached hydrogens (tertiary/aromatic N) is 2. The third kappa shape index (κ3) is 2.27. The molecule has 1 heterocycles. The average molecular weight is 260 g/mol. The van der Waals surface area contributed by atoms with Crippen LogP contribution >= 0.6 is 15.9 Å². The highest BCUT2D eigenvalue weighted by molar-refractivity contribution is 9.10. The first kappa shape index (κ1) is 9.98. The Morgan fingerprint density at radius 1 is 1.57 bits per heavy atom. The van der Waals surface area contributed by atoms with Crippen LogP contribution in [0.5, 0.6) is 0 Å². The van der Waals surface area contributed by atoms with Crippen LogP contribution in [0.15, 0.2) is 10.7 Å². The lowest BCUT2D eigenvalue weighted by atomic mass is 10.3. The van der Waals surface area contributed by atoms with Crippen LogP contribution in [-0.2, 0) is 11.5 Å². The van der Waals surface area contributed by atoms with Crippen molar-refractivity contribution in [2.75, 3.05) is 5.73 Å². The maximum absolute atomic E-state index is 5.68. The zero-order chi connectivity index (χ0) is 9.97. The SMILES string of the molecule is Nc1nn(COC2CCCC2)cc1Br. The van der Waals surface area contributed by atoms with E-state index < -0.39 is 0 Å². The fourth-order valence-electron chi connectivity index (χ4n) is 1.71. The van der Waals surface area contributed by atoms with E-state index in [0.717, 1.165) is 4.47 Å². The van der Waals surface area contributed by atoms with Gasteiger partial charge < -0.3 is 10.5 Å². The number of halogens is 1. The third-order valence-electron chi connectivity index (χ3n) is 2.49. The van der Waals surface area contributed by atoms with Crippen LogP contribution in [0.4, 0.5) is 5.82 Å². The highest BCUT2D eigenvalue weighted by Gasteiger charge is 2.15.